The van der Waals surface area contributed by atoms with Gasteiger partial charge < -0.3 is 21.7 Å². The Hall–Kier alpha value is -2.13. The van der Waals surface area contributed by atoms with Crippen molar-refractivity contribution in [3.8, 4) is 11.1 Å². The number of carbonyl (C=O) groups is 2. The largest absolute Gasteiger partial charge is 0.370 e. The van der Waals surface area contributed by atoms with E-state index in [-0.39, 0.29) is 17.4 Å². The molecular weight excluding hydrogens is 421 g/mol. The van der Waals surface area contributed by atoms with Crippen LogP contribution in [0.2, 0.25) is 8.67 Å². The van der Waals surface area contributed by atoms with Crippen LogP contribution in [0.25, 0.3) is 11.1 Å². The van der Waals surface area contributed by atoms with Crippen LogP contribution >= 0.6 is 34.5 Å². The highest BCUT2D eigenvalue weighted by molar-refractivity contribution is 7.20. The fourth-order valence-corrected chi connectivity index (χ4v) is 3.96. The number of aliphatic imine (C=N–C) groups is 1. The van der Waals surface area contributed by atoms with E-state index in [1.165, 1.54) is 17.4 Å². The maximum absolute atomic E-state index is 12.6. The number of carbonyl (C=O) groups excluding carboxylic acids is 2. The van der Waals surface area contributed by atoms with E-state index in [1.807, 2.05) is 19.0 Å². The number of thiophene rings is 1. The standard InChI is InChI=1S/C18H21Cl2N5O2S/c1-25(2)5-3-4-23-16(26)11-6-10(13-9-14(19)28-15(13)20)7-12(8-11)17(27)24-18(21)22/h6-9H,3-5H2,1-2H3,(H,23,26)(H4,21,22,24,27). The van der Waals surface area contributed by atoms with E-state index in [9.17, 15) is 9.59 Å². The molecule has 150 valence electrons. The molecule has 1 heterocycles. The van der Waals surface area contributed by atoms with Crippen molar-refractivity contribution in [2.24, 2.45) is 16.5 Å². The predicted molar refractivity (Wildman–Crippen MR) is 115 cm³/mol. The Morgan fingerprint density at radius 3 is 2.39 bits per heavy atom. The molecule has 0 fully saturated rings. The van der Waals surface area contributed by atoms with Gasteiger partial charge in [0.05, 0.1) is 4.34 Å². The number of amides is 2. The number of halogens is 2. The Kier molecular flexibility index (Phi) is 7.82. The van der Waals surface area contributed by atoms with Gasteiger partial charge in [0.1, 0.15) is 4.34 Å². The lowest BCUT2D eigenvalue weighted by molar-refractivity contribution is 0.0952. The number of nitrogens with zero attached hydrogens (tertiary/aromatic N) is 2. The molecule has 0 aliphatic rings. The van der Waals surface area contributed by atoms with E-state index in [4.69, 9.17) is 34.7 Å². The second kappa shape index (κ2) is 9.88. The molecule has 1 aromatic heterocycles. The molecule has 7 nitrogen and oxygen atoms in total. The summed E-state index contributed by atoms with van der Waals surface area (Å²) in [5, 5.41) is 2.84. The van der Waals surface area contributed by atoms with E-state index in [2.05, 4.69) is 10.3 Å². The monoisotopic (exact) mass is 441 g/mol. The molecule has 10 heteroatoms. The van der Waals surface area contributed by atoms with Crippen molar-refractivity contribution in [3.63, 3.8) is 0 Å². The van der Waals surface area contributed by atoms with Gasteiger partial charge in [-0.1, -0.05) is 23.2 Å². The molecule has 0 spiro atoms. The van der Waals surface area contributed by atoms with Gasteiger partial charge in [-0.15, -0.1) is 11.3 Å². The van der Waals surface area contributed by atoms with E-state index in [1.54, 1.807) is 18.2 Å². The molecule has 5 N–H and O–H groups in total. The Morgan fingerprint density at radius 2 is 1.82 bits per heavy atom. The molecule has 2 aromatic rings. The van der Waals surface area contributed by atoms with Crippen LogP contribution in [-0.2, 0) is 0 Å². The topological polar surface area (TPSA) is 114 Å². The van der Waals surface area contributed by atoms with Crippen molar-refractivity contribution in [1.29, 1.82) is 0 Å². The second-order valence-electron chi connectivity index (χ2n) is 6.29. The summed E-state index contributed by atoms with van der Waals surface area (Å²) >= 11 is 13.5. The molecule has 0 atom stereocenters. The van der Waals surface area contributed by atoms with Crippen LogP contribution in [0.15, 0.2) is 29.3 Å². The Balaban J connectivity index is 2.37. The third-order valence-corrected chi connectivity index (χ3v) is 5.20. The van der Waals surface area contributed by atoms with E-state index >= 15 is 0 Å². The lowest BCUT2D eigenvalue weighted by Gasteiger charge is -2.11. The number of hydrogen-bond donors (Lipinski definition) is 3. The normalized spacial score (nSPS) is 10.8. The number of rotatable bonds is 7. The Labute approximate surface area is 177 Å². The first-order chi connectivity index (χ1) is 13.2. The number of hydrogen-bond acceptors (Lipinski definition) is 4. The van der Waals surface area contributed by atoms with Crippen molar-refractivity contribution >= 4 is 52.3 Å². The summed E-state index contributed by atoms with van der Waals surface area (Å²) in [6.07, 6.45) is 0.796. The highest BCUT2D eigenvalue weighted by Gasteiger charge is 2.16. The van der Waals surface area contributed by atoms with Crippen LogP contribution < -0.4 is 16.8 Å². The summed E-state index contributed by atoms with van der Waals surface area (Å²) in [4.78, 5) is 30.5. The Morgan fingerprint density at radius 1 is 1.14 bits per heavy atom. The van der Waals surface area contributed by atoms with Crippen LogP contribution in [0.1, 0.15) is 27.1 Å². The average molecular weight is 442 g/mol. The van der Waals surface area contributed by atoms with Crippen LogP contribution in [0.5, 0.6) is 0 Å². The van der Waals surface area contributed by atoms with Gasteiger partial charge >= 0.3 is 0 Å². The highest BCUT2D eigenvalue weighted by Crippen LogP contribution is 2.38. The molecule has 28 heavy (non-hydrogen) atoms. The maximum atomic E-state index is 12.6. The minimum absolute atomic E-state index is 0.169. The number of nitrogens with one attached hydrogen (secondary N) is 1. The predicted octanol–water partition coefficient (Wildman–Crippen LogP) is 2.82. The summed E-state index contributed by atoms with van der Waals surface area (Å²) < 4.78 is 0.949. The summed E-state index contributed by atoms with van der Waals surface area (Å²) in [5.74, 6) is -1.32. The van der Waals surface area contributed by atoms with Crippen LogP contribution in [0.3, 0.4) is 0 Å². The molecule has 0 aliphatic heterocycles. The molecule has 1 aromatic carbocycles. The summed E-state index contributed by atoms with van der Waals surface area (Å²) in [6, 6.07) is 6.35. The molecule has 0 radical (unpaired) electrons. The van der Waals surface area contributed by atoms with Crippen molar-refractivity contribution in [2.75, 3.05) is 27.2 Å². The molecule has 0 saturated carbocycles. The molecule has 2 rings (SSSR count). The van der Waals surface area contributed by atoms with Gasteiger partial charge in [-0.3, -0.25) is 9.59 Å². The fourth-order valence-electron chi connectivity index (χ4n) is 2.46. The zero-order valence-electron chi connectivity index (χ0n) is 15.5. The zero-order chi connectivity index (χ0) is 20.8. The smallest absolute Gasteiger partial charge is 0.280 e. The summed E-state index contributed by atoms with van der Waals surface area (Å²) in [7, 11) is 3.92. The first kappa shape index (κ1) is 22.2. The van der Waals surface area contributed by atoms with Crippen molar-refractivity contribution in [1.82, 2.24) is 10.2 Å². The minimum Gasteiger partial charge on any atom is -0.370 e. The Bertz CT molecular complexity index is 907. The van der Waals surface area contributed by atoms with Crippen LogP contribution in [-0.4, -0.2) is 49.9 Å². The van der Waals surface area contributed by atoms with Crippen molar-refractivity contribution < 1.29 is 9.59 Å². The van der Waals surface area contributed by atoms with Crippen molar-refractivity contribution in [2.45, 2.75) is 6.42 Å². The van der Waals surface area contributed by atoms with Crippen molar-refractivity contribution in [3.05, 3.63) is 44.1 Å². The van der Waals surface area contributed by atoms with E-state index in [0.29, 0.717) is 31.9 Å². The minimum atomic E-state index is -0.652. The molecular formula is C18H21Cl2N5O2S. The zero-order valence-corrected chi connectivity index (χ0v) is 17.8. The molecule has 0 saturated heterocycles. The quantitative estimate of drug-likeness (QED) is 0.347. The third-order valence-electron chi connectivity index (χ3n) is 3.71. The van der Waals surface area contributed by atoms with Crippen LogP contribution in [0.4, 0.5) is 0 Å². The van der Waals surface area contributed by atoms with Gasteiger partial charge in [0.25, 0.3) is 11.8 Å². The van der Waals surface area contributed by atoms with Gasteiger partial charge in [0.15, 0.2) is 5.96 Å². The van der Waals surface area contributed by atoms with Gasteiger partial charge in [0.2, 0.25) is 0 Å². The summed E-state index contributed by atoms with van der Waals surface area (Å²) in [6.45, 7) is 1.35. The number of benzene rings is 1. The van der Waals surface area contributed by atoms with Gasteiger partial charge in [-0.05, 0) is 56.9 Å². The molecule has 0 aliphatic carbocycles. The molecule has 0 bridgehead atoms. The maximum Gasteiger partial charge on any atom is 0.280 e. The first-order valence-electron chi connectivity index (χ1n) is 8.34. The van der Waals surface area contributed by atoms with E-state index in [0.717, 1.165) is 13.0 Å². The van der Waals surface area contributed by atoms with E-state index < -0.39 is 5.91 Å². The van der Waals surface area contributed by atoms with Gasteiger partial charge in [0, 0.05) is 23.2 Å². The van der Waals surface area contributed by atoms with Gasteiger partial charge in [-0.2, -0.15) is 4.99 Å². The lowest BCUT2D eigenvalue weighted by atomic mass is 10.0. The third kappa shape index (κ3) is 6.20. The number of nitrogens with two attached hydrogens (primary N) is 2. The van der Waals surface area contributed by atoms with Crippen LogP contribution in [0, 0.1) is 0 Å². The summed E-state index contributed by atoms with van der Waals surface area (Å²) in [5.41, 5.74) is 12.3. The molecule has 0 unspecified atom stereocenters. The molecule has 2 amide bonds. The highest BCUT2D eigenvalue weighted by atomic mass is 35.5. The lowest BCUT2D eigenvalue weighted by Crippen LogP contribution is -2.27. The average Bonchev–Trinajstić information content (AvgIpc) is 2.95. The fraction of sp³-hybridized carbons (Fsp3) is 0.278. The number of guanidine groups is 1. The second-order valence-corrected chi connectivity index (χ2v) is 8.58. The van der Waals surface area contributed by atoms with Gasteiger partial charge in [-0.25, -0.2) is 0 Å². The SMILES string of the molecule is CN(C)CCCNC(=O)c1cc(C(=O)N=C(N)N)cc(-c2cc(Cl)sc2Cl)c1. The first-order valence-corrected chi connectivity index (χ1v) is 9.92.